The fraction of sp³-hybridized carbons (Fsp3) is 0.571. The van der Waals surface area contributed by atoms with Crippen LogP contribution >= 0.6 is 11.8 Å². The zero-order valence-corrected chi connectivity index (χ0v) is 11.6. The second-order valence-corrected chi connectivity index (χ2v) is 5.25. The van der Waals surface area contributed by atoms with Crippen LogP contribution in [0.1, 0.15) is 37.9 Å². The van der Waals surface area contributed by atoms with Gasteiger partial charge < -0.3 is 5.32 Å². The summed E-state index contributed by atoms with van der Waals surface area (Å²) in [5.41, 5.74) is 2.79. The van der Waals surface area contributed by atoms with E-state index in [1.807, 2.05) is 11.8 Å². The van der Waals surface area contributed by atoms with Gasteiger partial charge in [-0.15, -0.1) is 0 Å². The summed E-state index contributed by atoms with van der Waals surface area (Å²) >= 11 is 1.89. The molecule has 1 rings (SSSR count). The van der Waals surface area contributed by atoms with Crippen molar-refractivity contribution in [3.05, 3.63) is 35.4 Å². The molecule has 1 N–H and O–H groups in total. The van der Waals surface area contributed by atoms with Crippen LogP contribution in [0.15, 0.2) is 24.3 Å². The first kappa shape index (κ1) is 13.6. The van der Waals surface area contributed by atoms with Crippen molar-refractivity contribution in [2.45, 2.75) is 39.3 Å². The second-order valence-electron chi connectivity index (χ2n) is 4.34. The molecule has 0 amide bonds. The monoisotopic (exact) mass is 237 g/mol. The Kier molecular flexibility index (Phi) is 5.93. The number of thioether (sulfide) groups is 1. The van der Waals surface area contributed by atoms with Crippen molar-refractivity contribution in [1.82, 2.24) is 5.32 Å². The van der Waals surface area contributed by atoms with E-state index >= 15 is 0 Å². The lowest BCUT2D eigenvalue weighted by atomic mass is 10.0. The predicted octanol–water partition coefficient (Wildman–Crippen LogP) is 3.65. The Balaban J connectivity index is 2.55. The fourth-order valence-corrected chi connectivity index (χ4v) is 2.46. The lowest BCUT2D eigenvalue weighted by molar-refractivity contribution is 0.511. The van der Waals surface area contributed by atoms with E-state index in [1.165, 1.54) is 11.1 Å². The van der Waals surface area contributed by atoms with E-state index in [0.29, 0.717) is 12.1 Å². The maximum Gasteiger partial charge on any atom is 0.0294 e. The molecule has 0 bridgehead atoms. The molecule has 0 aliphatic carbocycles. The highest BCUT2D eigenvalue weighted by atomic mass is 32.2. The molecule has 0 saturated heterocycles. The first-order valence-corrected chi connectivity index (χ1v) is 7.40. The van der Waals surface area contributed by atoms with Gasteiger partial charge in [0.25, 0.3) is 0 Å². The smallest absolute Gasteiger partial charge is 0.0294 e. The van der Waals surface area contributed by atoms with Crippen molar-refractivity contribution in [1.29, 1.82) is 0 Å². The molecular weight excluding hydrogens is 214 g/mol. The van der Waals surface area contributed by atoms with E-state index in [9.17, 15) is 0 Å². The van der Waals surface area contributed by atoms with Crippen LogP contribution in [-0.2, 0) is 6.42 Å². The number of aryl methyl sites for hydroxylation is 1. The Bertz CT molecular complexity index is 294. The van der Waals surface area contributed by atoms with Gasteiger partial charge in [-0.25, -0.2) is 0 Å². The highest BCUT2D eigenvalue weighted by molar-refractivity contribution is 7.98. The molecule has 0 heterocycles. The van der Waals surface area contributed by atoms with Gasteiger partial charge in [-0.1, -0.05) is 31.2 Å². The van der Waals surface area contributed by atoms with E-state index in [2.05, 4.69) is 56.6 Å². The maximum atomic E-state index is 3.61. The highest BCUT2D eigenvalue weighted by Gasteiger charge is 2.08. The molecular formula is C14H23NS. The minimum absolute atomic E-state index is 0.438. The summed E-state index contributed by atoms with van der Waals surface area (Å²) in [6.45, 7) is 6.67. The average molecular weight is 237 g/mol. The van der Waals surface area contributed by atoms with Crippen LogP contribution in [0.5, 0.6) is 0 Å². The molecule has 0 spiro atoms. The SMILES string of the molecule is CCc1ccc(C(C)NC(C)CSC)cc1. The van der Waals surface area contributed by atoms with Gasteiger partial charge in [-0.3, -0.25) is 0 Å². The van der Waals surface area contributed by atoms with Crippen molar-refractivity contribution in [3.8, 4) is 0 Å². The summed E-state index contributed by atoms with van der Waals surface area (Å²) in [5, 5.41) is 3.61. The molecule has 2 atom stereocenters. The third kappa shape index (κ3) is 4.18. The Morgan fingerprint density at radius 2 is 1.81 bits per heavy atom. The Morgan fingerprint density at radius 1 is 1.19 bits per heavy atom. The molecule has 0 aliphatic rings. The van der Waals surface area contributed by atoms with Gasteiger partial charge in [0.2, 0.25) is 0 Å². The van der Waals surface area contributed by atoms with E-state index in [4.69, 9.17) is 0 Å². The van der Waals surface area contributed by atoms with Crippen LogP contribution in [0.25, 0.3) is 0 Å². The first-order valence-electron chi connectivity index (χ1n) is 6.01. The molecule has 0 fully saturated rings. The minimum atomic E-state index is 0.438. The predicted molar refractivity (Wildman–Crippen MR) is 75.2 cm³/mol. The van der Waals surface area contributed by atoms with Gasteiger partial charge in [0, 0.05) is 17.8 Å². The Morgan fingerprint density at radius 3 is 2.31 bits per heavy atom. The Hall–Kier alpha value is -0.470. The Labute approximate surface area is 104 Å². The van der Waals surface area contributed by atoms with E-state index in [1.54, 1.807) is 0 Å². The zero-order valence-electron chi connectivity index (χ0n) is 10.8. The fourth-order valence-electron chi connectivity index (χ4n) is 1.86. The van der Waals surface area contributed by atoms with Crippen LogP contribution in [0.4, 0.5) is 0 Å². The molecule has 2 unspecified atom stereocenters. The number of nitrogens with one attached hydrogen (secondary N) is 1. The van der Waals surface area contributed by atoms with Gasteiger partial charge in [0.15, 0.2) is 0 Å². The number of rotatable bonds is 6. The summed E-state index contributed by atoms with van der Waals surface area (Å²) in [5.74, 6) is 1.16. The first-order chi connectivity index (χ1) is 7.67. The largest absolute Gasteiger partial charge is 0.307 e. The number of hydrogen-bond acceptors (Lipinski definition) is 2. The normalized spacial score (nSPS) is 14.8. The molecule has 2 heteroatoms. The van der Waals surface area contributed by atoms with Crippen molar-refractivity contribution in [2.75, 3.05) is 12.0 Å². The average Bonchev–Trinajstić information content (AvgIpc) is 2.29. The summed E-state index contributed by atoms with van der Waals surface area (Å²) in [7, 11) is 0. The third-order valence-corrected chi connectivity index (χ3v) is 3.67. The second kappa shape index (κ2) is 6.97. The quantitative estimate of drug-likeness (QED) is 0.810. The molecule has 1 aromatic carbocycles. The molecule has 0 aromatic heterocycles. The molecule has 0 radical (unpaired) electrons. The summed E-state index contributed by atoms with van der Waals surface area (Å²) in [6, 6.07) is 9.94. The van der Waals surface area contributed by atoms with Crippen molar-refractivity contribution in [3.63, 3.8) is 0 Å². The van der Waals surface area contributed by atoms with Gasteiger partial charge >= 0.3 is 0 Å². The summed E-state index contributed by atoms with van der Waals surface area (Å²) in [6.07, 6.45) is 3.27. The van der Waals surface area contributed by atoms with Crippen molar-refractivity contribution in [2.24, 2.45) is 0 Å². The van der Waals surface area contributed by atoms with Crippen molar-refractivity contribution >= 4 is 11.8 Å². The van der Waals surface area contributed by atoms with Crippen LogP contribution in [-0.4, -0.2) is 18.1 Å². The molecule has 0 saturated carbocycles. The minimum Gasteiger partial charge on any atom is -0.307 e. The highest BCUT2D eigenvalue weighted by Crippen LogP contribution is 2.15. The van der Waals surface area contributed by atoms with E-state index in [0.717, 1.165) is 12.2 Å². The van der Waals surface area contributed by atoms with Crippen LogP contribution < -0.4 is 5.32 Å². The van der Waals surface area contributed by atoms with E-state index in [-0.39, 0.29) is 0 Å². The van der Waals surface area contributed by atoms with Gasteiger partial charge in [-0.05, 0) is 37.7 Å². The maximum absolute atomic E-state index is 3.61. The van der Waals surface area contributed by atoms with Crippen LogP contribution in [0.3, 0.4) is 0 Å². The van der Waals surface area contributed by atoms with Crippen molar-refractivity contribution < 1.29 is 0 Å². The molecule has 0 aliphatic heterocycles. The van der Waals surface area contributed by atoms with Gasteiger partial charge in [-0.2, -0.15) is 11.8 Å². The topological polar surface area (TPSA) is 12.0 Å². The molecule has 90 valence electrons. The van der Waals surface area contributed by atoms with Gasteiger partial charge in [0.05, 0.1) is 0 Å². The summed E-state index contributed by atoms with van der Waals surface area (Å²) < 4.78 is 0. The third-order valence-electron chi connectivity index (χ3n) is 2.84. The number of benzene rings is 1. The lowest BCUT2D eigenvalue weighted by Crippen LogP contribution is -2.30. The van der Waals surface area contributed by atoms with Gasteiger partial charge in [0.1, 0.15) is 0 Å². The lowest BCUT2D eigenvalue weighted by Gasteiger charge is -2.19. The zero-order chi connectivity index (χ0) is 12.0. The van der Waals surface area contributed by atoms with E-state index < -0.39 is 0 Å². The standard InChI is InChI=1S/C14H23NS/c1-5-13-6-8-14(9-7-13)12(3)15-11(2)10-16-4/h6-9,11-12,15H,5,10H2,1-4H3. The van der Waals surface area contributed by atoms with Crippen LogP contribution in [0, 0.1) is 0 Å². The molecule has 16 heavy (non-hydrogen) atoms. The van der Waals surface area contributed by atoms with Crippen LogP contribution in [0.2, 0.25) is 0 Å². The molecule has 1 nitrogen and oxygen atoms in total. The molecule has 1 aromatic rings. The summed E-state index contributed by atoms with van der Waals surface area (Å²) in [4.78, 5) is 0. The number of hydrogen-bond donors (Lipinski definition) is 1.